The highest BCUT2D eigenvalue weighted by Gasteiger charge is 2.27. The summed E-state index contributed by atoms with van der Waals surface area (Å²) in [6, 6.07) is 9.57. The van der Waals surface area contributed by atoms with Crippen LogP contribution >= 0.6 is 11.6 Å². The number of likely N-dealkylation sites (tertiary alicyclic amines) is 1. The molecule has 0 bridgehead atoms. The zero-order chi connectivity index (χ0) is 19.1. The zero-order valence-corrected chi connectivity index (χ0v) is 16.1. The van der Waals surface area contributed by atoms with Crippen LogP contribution in [0.25, 0.3) is 5.65 Å². The van der Waals surface area contributed by atoms with E-state index in [1.807, 2.05) is 52.0 Å². The van der Waals surface area contributed by atoms with Crippen LogP contribution in [0.2, 0.25) is 5.02 Å². The van der Waals surface area contributed by atoms with Gasteiger partial charge < -0.3 is 18.8 Å². The third-order valence-electron chi connectivity index (χ3n) is 5.49. The molecule has 1 atom stereocenters. The molecule has 2 aromatic heterocycles. The van der Waals surface area contributed by atoms with E-state index >= 15 is 0 Å². The summed E-state index contributed by atoms with van der Waals surface area (Å²) in [7, 11) is 0. The number of fused-ring (bicyclic) bond motifs is 2. The van der Waals surface area contributed by atoms with Crippen molar-refractivity contribution in [1.29, 1.82) is 0 Å². The molecule has 3 aromatic rings. The Bertz CT molecular complexity index is 1040. The summed E-state index contributed by atoms with van der Waals surface area (Å²) in [5.41, 5.74) is 2.74. The number of carbonyl (C=O) groups excluding carboxylic acids is 1. The number of rotatable bonds is 4. The minimum Gasteiger partial charge on any atom is -0.454 e. The van der Waals surface area contributed by atoms with Gasteiger partial charge in [0.05, 0.1) is 10.7 Å². The van der Waals surface area contributed by atoms with Gasteiger partial charge in [0.15, 0.2) is 11.5 Å². The molecule has 0 saturated carbocycles. The lowest BCUT2D eigenvalue weighted by Gasteiger charge is -2.21. The second-order valence-corrected chi connectivity index (χ2v) is 7.65. The van der Waals surface area contributed by atoms with Gasteiger partial charge in [-0.3, -0.25) is 4.79 Å². The third kappa shape index (κ3) is 3.07. The Morgan fingerprint density at radius 1 is 1.14 bits per heavy atom. The fourth-order valence-electron chi connectivity index (χ4n) is 4.02. The van der Waals surface area contributed by atoms with Gasteiger partial charge in [0.1, 0.15) is 5.65 Å². The van der Waals surface area contributed by atoms with E-state index in [4.69, 9.17) is 21.1 Å². The molecule has 0 aliphatic carbocycles. The van der Waals surface area contributed by atoms with Crippen molar-refractivity contribution in [1.82, 2.24) is 14.3 Å². The largest absolute Gasteiger partial charge is 0.454 e. The van der Waals surface area contributed by atoms with Gasteiger partial charge in [-0.2, -0.15) is 0 Å². The molecule has 1 aromatic carbocycles. The van der Waals surface area contributed by atoms with Crippen LogP contribution in [0.15, 0.2) is 42.7 Å². The summed E-state index contributed by atoms with van der Waals surface area (Å²) in [4.78, 5) is 19.4. The molecule has 1 amide bonds. The number of pyridine rings is 1. The summed E-state index contributed by atoms with van der Waals surface area (Å²) in [6.45, 7) is 1.90. The number of ether oxygens (including phenoxy) is 2. The van der Waals surface area contributed by atoms with Crippen LogP contribution in [0.4, 0.5) is 0 Å². The molecule has 2 aliphatic heterocycles. The molecular formula is C21H20ClN3O3. The molecule has 4 heterocycles. The predicted molar refractivity (Wildman–Crippen MR) is 105 cm³/mol. The number of halogens is 1. The minimum absolute atomic E-state index is 0.156. The van der Waals surface area contributed by atoms with Crippen molar-refractivity contribution in [3.8, 4) is 11.5 Å². The molecular weight excluding hydrogens is 378 g/mol. The molecule has 28 heavy (non-hydrogen) atoms. The molecule has 144 valence electrons. The highest BCUT2D eigenvalue weighted by atomic mass is 35.5. The summed E-state index contributed by atoms with van der Waals surface area (Å²) in [5, 5.41) is 0.627. The monoisotopic (exact) mass is 397 g/mol. The molecule has 6 nitrogen and oxygen atoms in total. The van der Waals surface area contributed by atoms with Crippen LogP contribution in [0.1, 0.15) is 36.4 Å². The first-order valence-electron chi connectivity index (χ1n) is 9.49. The molecule has 1 fully saturated rings. The van der Waals surface area contributed by atoms with Gasteiger partial charge in [0.2, 0.25) is 12.7 Å². The van der Waals surface area contributed by atoms with Crippen LogP contribution in [0.3, 0.4) is 0 Å². The average Bonchev–Trinajstić information content (AvgIpc) is 3.45. The molecule has 0 N–H and O–H groups in total. The lowest BCUT2D eigenvalue weighted by molar-refractivity contribution is -0.130. The van der Waals surface area contributed by atoms with Crippen molar-refractivity contribution in [3.63, 3.8) is 0 Å². The van der Waals surface area contributed by atoms with Crippen molar-refractivity contribution in [3.05, 3.63) is 59.0 Å². The lowest BCUT2D eigenvalue weighted by Crippen LogP contribution is -2.29. The Balaban J connectivity index is 1.57. The highest BCUT2D eigenvalue weighted by Crippen LogP contribution is 2.38. The fraction of sp³-hybridized carbons (Fsp3) is 0.333. The fourth-order valence-corrected chi connectivity index (χ4v) is 4.19. The number of nitrogens with zero attached hydrogens (tertiary/aromatic N) is 3. The number of benzene rings is 1. The van der Waals surface area contributed by atoms with Gasteiger partial charge in [-0.05, 0) is 42.7 Å². The van der Waals surface area contributed by atoms with Gasteiger partial charge >= 0.3 is 0 Å². The van der Waals surface area contributed by atoms with E-state index in [2.05, 4.69) is 4.98 Å². The van der Waals surface area contributed by atoms with Crippen molar-refractivity contribution in [2.45, 2.75) is 25.2 Å². The van der Waals surface area contributed by atoms with Crippen LogP contribution in [-0.4, -0.2) is 40.1 Å². The van der Waals surface area contributed by atoms with Crippen molar-refractivity contribution >= 4 is 23.2 Å². The van der Waals surface area contributed by atoms with Crippen molar-refractivity contribution in [2.24, 2.45) is 0 Å². The first-order valence-corrected chi connectivity index (χ1v) is 9.87. The lowest BCUT2D eigenvalue weighted by atomic mass is 9.91. The number of imidazole rings is 1. The Kier molecular flexibility index (Phi) is 4.36. The number of hydrogen-bond acceptors (Lipinski definition) is 4. The average molecular weight is 398 g/mol. The molecule has 5 rings (SSSR count). The molecule has 2 aliphatic rings. The minimum atomic E-state index is -0.156. The zero-order valence-electron chi connectivity index (χ0n) is 15.3. The van der Waals surface area contributed by atoms with E-state index in [1.165, 1.54) is 0 Å². The second-order valence-electron chi connectivity index (χ2n) is 7.22. The molecule has 1 saturated heterocycles. The SMILES string of the molecule is O=C(CC(c1ccc2c(c1)OCO2)c1cnc2ccc(Cl)cn12)N1CCCC1. The van der Waals surface area contributed by atoms with Gasteiger partial charge in [-0.15, -0.1) is 0 Å². The first-order chi connectivity index (χ1) is 13.7. The number of carbonyl (C=O) groups is 1. The number of hydrogen-bond donors (Lipinski definition) is 0. The van der Waals surface area contributed by atoms with Crippen LogP contribution in [0, 0.1) is 0 Å². The Morgan fingerprint density at radius 2 is 1.96 bits per heavy atom. The maximum absolute atomic E-state index is 13.0. The predicted octanol–water partition coefficient (Wildman–Crippen LogP) is 3.86. The maximum Gasteiger partial charge on any atom is 0.231 e. The van der Waals surface area contributed by atoms with Crippen LogP contribution in [0.5, 0.6) is 11.5 Å². The quantitative estimate of drug-likeness (QED) is 0.670. The van der Waals surface area contributed by atoms with E-state index in [9.17, 15) is 4.79 Å². The normalized spacial score (nSPS) is 16.7. The topological polar surface area (TPSA) is 56.1 Å². The van der Waals surface area contributed by atoms with Gasteiger partial charge in [-0.25, -0.2) is 4.98 Å². The third-order valence-corrected chi connectivity index (χ3v) is 5.72. The number of aromatic nitrogens is 2. The molecule has 7 heteroatoms. The Labute approximate surface area is 167 Å². The van der Waals surface area contributed by atoms with Crippen molar-refractivity contribution < 1.29 is 14.3 Å². The van der Waals surface area contributed by atoms with E-state index in [0.29, 0.717) is 17.2 Å². The number of amides is 1. The summed E-state index contributed by atoms with van der Waals surface area (Å²) < 4.78 is 13.0. The smallest absolute Gasteiger partial charge is 0.231 e. The molecule has 1 unspecified atom stereocenters. The van der Waals surface area contributed by atoms with Crippen LogP contribution < -0.4 is 9.47 Å². The standard InChI is InChI=1S/C21H20ClN3O3/c22-15-4-6-20-23-11-17(25(20)12-15)16(10-21(26)24-7-1-2-8-24)14-3-5-18-19(9-14)28-13-27-18/h3-6,9,11-12,16H,1-2,7-8,10,13H2. The van der Waals surface area contributed by atoms with Crippen LogP contribution in [-0.2, 0) is 4.79 Å². The van der Waals surface area contributed by atoms with E-state index in [-0.39, 0.29) is 18.6 Å². The summed E-state index contributed by atoms with van der Waals surface area (Å²) in [6.07, 6.45) is 6.20. The Morgan fingerprint density at radius 3 is 2.82 bits per heavy atom. The van der Waals surface area contributed by atoms with E-state index in [0.717, 1.165) is 48.6 Å². The first kappa shape index (κ1) is 17.4. The summed E-state index contributed by atoms with van der Waals surface area (Å²) in [5.74, 6) is 1.45. The highest BCUT2D eigenvalue weighted by molar-refractivity contribution is 6.30. The summed E-state index contributed by atoms with van der Waals surface area (Å²) >= 11 is 6.22. The Hall–Kier alpha value is -2.73. The van der Waals surface area contributed by atoms with E-state index in [1.54, 1.807) is 0 Å². The van der Waals surface area contributed by atoms with E-state index < -0.39 is 0 Å². The van der Waals surface area contributed by atoms with Gasteiger partial charge in [0, 0.05) is 37.8 Å². The van der Waals surface area contributed by atoms with Gasteiger partial charge in [-0.1, -0.05) is 17.7 Å². The molecule has 0 radical (unpaired) electrons. The second kappa shape index (κ2) is 7.02. The van der Waals surface area contributed by atoms with Gasteiger partial charge in [0.25, 0.3) is 0 Å². The maximum atomic E-state index is 13.0. The van der Waals surface area contributed by atoms with Crippen molar-refractivity contribution in [2.75, 3.05) is 19.9 Å². The molecule has 0 spiro atoms.